The Hall–Kier alpha value is -2.05. The number of rotatable bonds is 5. The molecular weight excluding hydrogens is 315 g/mol. The molecule has 0 bridgehead atoms. The highest BCUT2D eigenvalue weighted by molar-refractivity contribution is 6.35. The second-order valence-corrected chi connectivity index (χ2v) is 5.15. The molecule has 0 atom stereocenters. The molecule has 0 unspecified atom stereocenters. The minimum atomic E-state index is -0.515. The number of nitrogen functional groups attached to an aromatic ring is 1. The van der Waals surface area contributed by atoms with Crippen LogP contribution in [0, 0.1) is 10.1 Å². The molecule has 6 nitrogen and oxygen atoms in total. The van der Waals surface area contributed by atoms with E-state index in [1.54, 1.807) is 12.1 Å². The number of nitrogens with two attached hydrogens (primary N) is 1. The standard InChI is InChI=1S/C13H12Cl2N4O2/c14-9-2-1-8(11(15)5-9)3-4-17-13-7-10(19(20)21)6-12(16)18-13/h1-2,5-7H,3-4H2,(H3,16,17,18). The van der Waals surface area contributed by atoms with Crippen LogP contribution in [0.25, 0.3) is 0 Å². The van der Waals surface area contributed by atoms with Crippen LogP contribution in [-0.4, -0.2) is 16.5 Å². The van der Waals surface area contributed by atoms with Gasteiger partial charge in [0, 0.05) is 16.6 Å². The predicted octanol–water partition coefficient (Wildman–Crippen LogP) is 3.53. The van der Waals surface area contributed by atoms with Gasteiger partial charge in [0.2, 0.25) is 0 Å². The van der Waals surface area contributed by atoms with Crippen molar-refractivity contribution in [1.29, 1.82) is 0 Å². The van der Waals surface area contributed by atoms with Gasteiger partial charge in [-0.1, -0.05) is 29.3 Å². The molecule has 0 aliphatic rings. The molecule has 21 heavy (non-hydrogen) atoms. The minimum Gasteiger partial charge on any atom is -0.383 e. The van der Waals surface area contributed by atoms with Gasteiger partial charge in [0.15, 0.2) is 0 Å². The fourth-order valence-electron chi connectivity index (χ4n) is 1.78. The van der Waals surface area contributed by atoms with E-state index in [1.807, 2.05) is 6.07 Å². The molecule has 0 radical (unpaired) electrons. The summed E-state index contributed by atoms with van der Waals surface area (Å²) in [6.45, 7) is 0.509. The van der Waals surface area contributed by atoms with E-state index in [0.29, 0.717) is 28.8 Å². The Balaban J connectivity index is 2.01. The molecular formula is C13H12Cl2N4O2. The molecule has 0 aliphatic carbocycles. The summed E-state index contributed by atoms with van der Waals surface area (Å²) in [5.41, 5.74) is 6.35. The molecule has 8 heteroatoms. The quantitative estimate of drug-likeness (QED) is 0.647. The van der Waals surface area contributed by atoms with Crippen molar-refractivity contribution in [2.45, 2.75) is 6.42 Å². The molecule has 0 saturated heterocycles. The highest BCUT2D eigenvalue weighted by atomic mass is 35.5. The second-order valence-electron chi connectivity index (χ2n) is 4.31. The zero-order chi connectivity index (χ0) is 15.4. The van der Waals surface area contributed by atoms with Gasteiger partial charge in [-0.15, -0.1) is 0 Å². The van der Waals surface area contributed by atoms with Crippen molar-refractivity contribution in [2.75, 3.05) is 17.6 Å². The number of anilines is 2. The summed E-state index contributed by atoms with van der Waals surface area (Å²) in [5.74, 6) is 0.447. The molecule has 1 aromatic heterocycles. The highest BCUT2D eigenvalue weighted by Crippen LogP contribution is 2.22. The maximum atomic E-state index is 10.7. The first-order valence-electron chi connectivity index (χ1n) is 6.05. The molecule has 1 heterocycles. The maximum Gasteiger partial charge on any atom is 0.276 e. The smallest absolute Gasteiger partial charge is 0.276 e. The number of aromatic nitrogens is 1. The van der Waals surface area contributed by atoms with Gasteiger partial charge in [0.1, 0.15) is 11.6 Å². The lowest BCUT2D eigenvalue weighted by Crippen LogP contribution is -2.08. The monoisotopic (exact) mass is 326 g/mol. The molecule has 3 N–H and O–H groups in total. The lowest BCUT2D eigenvalue weighted by molar-refractivity contribution is -0.384. The van der Waals surface area contributed by atoms with E-state index in [1.165, 1.54) is 12.1 Å². The van der Waals surface area contributed by atoms with Gasteiger partial charge in [0.05, 0.1) is 17.1 Å². The second kappa shape index (κ2) is 6.60. The zero-order valence-corrected chi connectivity index (χ0v) is 12.4. The molecule has 0 spiro atoms. The molecule has 2 aromatic rings. The summed E-state index contributed by atoms with van der Waals surface area (Å²) >= 11 is 11.9. The number of nitrogens with one attached hydrogen (secondary N) is 1. The van der Waals surface area contributed by atoms with Crippen LogP contribution in [0.3, 0.4) is 0 Å². The Morgan fingerprint density at radius 1 is 1.29 bits per heavy atom. The highest BCUT2D eigenvalue weighted by Gasteiger charge is 2.09. The van der Waals surface area contributed by atoms with Crippen LogP contribution < -0.4 is 11.1 Å². The van der Waals surface area contributed by atoms with Crippen molar-refractivity contribution in [3.8, 4) is 0 Å². The summed E-state index contributed by atoms with van der Waals surface area (Å²) in [6.07, 6.45) is 0.625. The average molecular weight is 327 g/mol. The van der Waals surface area contributed by atoms with Crippen molar-refractivity contribution in [1.82, 2.24) is 4.98 Å². The number of nitro groups is 1. The molecule has 0 amide bonds. The van der Waals surface area contributed by atoms with Gasteiger partial charge in [-0.2, -0.15) is 0 Å². The first-order chi connectivity index (χ1) is 9.95. The first-order valence-corrected chi connectivity index (χ1v) is 6.81. The Morgan fingerprint density at radius 2 is 2.05 bits per heavy atom. The van der Waals surface area contributed by atoms with Gasteiger partial charge in [-0.3, -0.25) is 10.1 Å². The van der Waals surface area contributed by atoms with E-state index < -0.39 is 4.92 Å². The maximum absolute atomic E-state index is 10.7. The van der Waals surface area contributed by atoms with Crippen LogP contribution in [0.5, 0.6) is 0 Å². The lowest BCUT2D eigenvalue weighted by atomic mass is 10.1. The van der Waals surface area contributed by atoms with Crippen molar-refractivity contribution in [3.63, 3.8) is 0 Å². The molecule has 1 aromatic carbocycles. The number of hydrogen-bond donors (Lipinski definition) is 2. The average Bonchev–Trinajstić information content (AvgIpc) is 2.40. The fourth-order valence-corrected chi connectivity index (χ4v) is 2.29. The Bertz CT molecular complexity index is 679. The zero-order valence-electron chi connectivity index (χ0n) is 10.8. The molecule has 0 saturated carbocycles. The number of nitrogens with zero attached hydrogens (tertiary/aromatic N) is 2. The summed E-state index contributed by atoms with van der Waals surface area (Å²) in [4.78, 5) is 14.2. The van der Waals surface area contributed by atoms with E-state index in [2.05, 4.69) is 10.3 Å². The SMILES string of the molecule is Nc1cc([N+](=O)[O-])cc(NCCc2ccc(Cl)cc2Cl)n1. The van der Waals surface area contributed by atoms with Gasteiger partial charge >= 0.3 is 0 Å². The third kappa shape index (κ3) is 4.21. The van der Waals surface area contributed by atoms with Crippen LogP contribution in [0.1, 0.15) is 5.56 Å². The summed E-state index contributed by atoms with van der Waals surface area (Å²) in [7, 11) is 0. The van der Waals surface area contributed by atoms with E-state index >= 15 is 0 Å². The Labute approximate surface area is 131 Å². The van der Waals surface area contributed by atoms with Gasteiger partial charge < -0.3 is 11.1 Å². The van der Waals surface area contributed by atoms with Crippen LogP contribution in [-0.2, 0) is 6.42 Å². The topological polar surface area (TPSA) is 94.1 Å². The number of benzene rings is 1. The van der Waals surface area contributed by atoms with E-state index in [4.69, 9.17) is 28.9 Å². The molecule has 0 fully saturated rings. The van der Waals surface area contributed by atoms with Crippen molar-refractivity contribution in [3.05, 3.63) is 56.1 Å². The van der Waals surface area contributed by atoms with E-state index in [-0.39, 0.29) is 11.5 Å². The summed E-state index contributed by atoms with van der Waals surface area (Å²) < 4.78 is 0. The van der Waals surface area contributed by atoms with Crippen molar-refractivity contribution in [2.24, 2.45) is 0 Å². The fraction of sp³-hybridized carbons (Fsp3) is 0.154. The number of hydrogen-bond acceptors (Lipinski definition) is 5. The van der Waals surface area contributed by atoms with E-state index in [9.17, 15) is 10.1 Å². The van der Waals surface area contributed by atoms with E-state index in [0.717, 1.165) is 5.56 Å². The Morgan fingerprint density at radius 3 is 2.71 bits per heavy atom. The third-order valence-corrected chi connectivity index (χ3v) is 3.34. The lowest BCUT2D eigenvalue weighted by Gasteiger charge is -2.08. The summed E-state index contributed by atoms with van der Waals surface area (Å²) in [5, 5.41) is 14.9. The van der Waals surface area contributed by atoms with Gasteiger partial charge in [0.25, 0.3) is 5.69 Å². The molecule has 0 aliphatic heterocycles. The van der Waals surface area contributed by atoms with Crippen LogP contribution >= 0.6 is 23.2 Å². The number of pyridine rings is 1. The number of halogens is 2. The summed E-state index contributed by atoms with van der Waals surface area (Å²) in [6, 6.07) is 7.80. The molecule has 2 rings (SSSR count). The van der Waals surface area contributed by atoms with Crippen LogP contribution in [0.2, 0.25) is 10.0 Å². The third-order valence-electron chi connectivity index (χ3n) is 2.76. The normalized spacial score (nSPS) is 10.4. The first kappa shape index (κ1) is 15.3. The minimum absolute atomic E-state index is 0.0937. The van der Waals surface area contributed by atoms with Crippen LogP contribution in [0.4, 0.5) is 17.3 Å². The van der Waals surface area contributed by atoms with Gasteiger partial charge in [-0.05, 0) is 24.1 Å². The predicted molar refractivity (Wildman–Crippen MR) is 84.0 cm³/mol. The Kier molecular flexibility index (Phi) is 4.82. The van der Waals surface area contributed by atoms with Crippen molar-refractivity contribution < 1.29 is 4.92 Å². The van der Waals surface area contributed by atoms with Gasteiger partial charge in [-0.25, -0.2) is 4.98 Å². The largest absolute Gasteiger partial charge is 0.383 e. The molecule has 110 valence electrons. The van der Waals surface area contributed by atoms with Crippen molar-refractivity contribution >= 4 is 40.5 Å². The van der Waals surface area contributed by atoms with Crippen LogP contribution in [0.15, 0.2) is 30.3 Å².